The SMILES string of the molecule is Clc1ccc(Nc2ncnc3c2c(-c2ccccc2)cn3-c2ccccc2)cc1. The lowest BCUT2D eigenvalue weighted by molar-refractivity contribution is 1.08. The number of fused-ring (bicyclic) bond motifs is 1. The maximum Gasteiger partial charge on any atom is 0.150 e. The number of benzene rings is 3. The summed E-state index contributed by atoms with van der Waals surface area (Å²) in [6.45, 7) is 0. The first-order valence-electron chi connectivity index (χ1n) is 9.29. The standard InChI is InChI=1S/C24H17ClN4/c25-18-11-13-19(14-12-18)28-23-22-21(17-7-3-1-4-8-17)15-29(24(22)27-16-26-23)20-9-5-2-6-10-20/h1-16H,(H,26,27,28). The molecule has 2 heterocycles. The van der Waals surface area contributed by atoms with Gasteiger partial charge in [-0.3, -0.25) is 0 Å². The molecule has 3 aromatic carbocycles. The highest BCUT2D eigenvalue weighted by molar-refractivity contribution is 6.30. The Labute approximate surface area is 173 Å². The summed E-state index contributed by atoms with van der Waals surface area (Å²) in [5.41, 5.74) is 5.00. The van der Waals surface area contributed by atoms with Crippen LogP contribution in [0.5, 0.6) is 0 Å². The van der Waals surface area contributed by atoms with Crippen molar-refractivity contribution in [3.05, 3.63) is 102 Å². The first-order valence-corrected chi connectivity index (χ1v) is 9.67. The molecule has 1 N–H and O–H groups in total. The van der Waals surface area contributed by atoms with Gasteiger partial charge in [-0.2, -0.15) is 0 Å². The molecule has 5 rings (SSSR count). The van der Waals surface area contributed by atoms with E-state index >= 15 is 0 Å². The fourth-order valence-electron chi connectivity index (χ4n) is 3.45. The molecule has 0 unspecified atom stereocenters. The van der Waals surface area contributed by atoms with Crippen LogP contribution < -0.4 is 5.32 Å². The molecule has 140 valence electrons. The van der Waals surface area contributed by atoms with E-state index in [1.807, 2.05) is 60.7 Å². The van der Waals surface area contributed by atoms with Crippen molar-refractivity contribution in [2.24, 2.45) is 0 Å². The molecule has 4 nitrogen and oxygen atoms in total. The Morgan fingerprint density at radius 2 is 1.45 bits per heavy atom. The number of para-hydroxylation sites is 1. The van der Waals surface area contributed by atoms with Crippen molar-refractivity contribution in [2.75, 3.05) is 5.32 Å². The van der Waals surface area contributed by atoms with Crippen LogP contribution in [0.25, 0.3) is 27.8 Å². The van der Waals surface area contributed by atoms with E-state index in [1.165, 1.54) is 0 Å². The Morgan fingerprint density at radius 1 is 0.759 bits per heavy atom. The molecule has 5 aromatic rings. The second kappa shape index (κ2) is 7.41. The zero-order chi connectivity index (χ0) is 19.6. The molecule has 0 radical (unpaired) electrons. The van der Waals surface area contributed by atoms with Gasteiger partial charge in [-0.1, -0.05) is 60.1 Å². The van der Waals surface area contributed by atoms with Crippen molar-refractivity contribution in [1.29, 1.82) is 0 Å². The van der Waals surface area contributed by atoms with Gasteiger partial charge < -0.3 is 9.88 Å². The summed E-state index contributed by atoms with van der Waals surface area (Å²) in [5, 5.41) is 5.09. The summed E-state index contributed by atoms with van der Waals surface area (Å²) in [7, 11) is 0. The number of anilines is 2. The number of aromatic nitrogens is 3. The minimum Gasteiger partial charge on any atom is -0.340 e. The van der Waals surface area contributed by atoms with Gasteiger partial charge in [0.05, 0.1) is 5.39 Å². The van der Waals surface area contributed by atoms with Crippen LogP contribution in [0.2, 0.25) is 5.02 Å². The molecule has 29 heavy (non-hydrogen) atoms. The number of hydrogen-bond acceptors (Lipinski definition) is 3. The van der Waals surface area contributed by atoms with E-state index in [1.54, 1.807) is 6.33 Å². The zero-order valence-corrected chi connectivity index (χ0v) is 16.2. The van der Waals surface area contributed by atoms with E-state index in [-0.39, 0.29) is 0 Å². The highest BCUT2D eigenvalue weighted by Crippen LogP contribution is 2.36. The highest BCUT2D eigenvalue weighted by atomic mass is 35.5. The predicted molar refractivity (Wildman–Crippen MR) is 119 cm³/mol. The molecule has 0 saturated carbocycles. The molecule has 0 bridgehead atoms. The Balaban J connectivity index is 1.74. The molecule has 0 aliphatic carbocycles. The molecule has 2 aromatic heterocycles. The number of rotatable bonds is 4. The van der Waals surface area contributed by atoms with Crippen LogP contribution in [0.3, 0.4) is 0 Å². The molecule has 0 atom stereocenters. The Bertz CT molecular complexity index is 1260. The summed E-state index contributed by atoms with van der Waals surface area (Å²) in [5.74, 6) is 0.755. The van der Waals surface area contributed by atoms with Gasteiger partial charge in [-0.15, -0.1) is 0 Å². The minimum atomic E-state index is 0.698. The van der Waals surface area contributed by atoms with Crippen molar-refractivity contribution in [3.8, 4) is 16.8 Å². The molecule has 5 heteroatoms. The molecule has 0 fully saturated rings. The summed E-state index contributed by atoms with van der Waals surface area (Å²) in [6, 6.07) is 28.1. The molecule has 0 saturated heterocycles. The number of halogens is 1. The lowest BCUT2D eigenvalue weighted by atomic mass is 10.1. The molecule has 0 aliphatic heterocycles. The van der Waals surface area contributed by atoms with E-state index in [0.29, 0.717) is 5.02 Å². The molecular formula is C24H17ClN4. The summed E-state index contributed by atoms with van der Waals surface area (Å²) in [4.78, 5) is 9.16. The zero-order valence-electron chi connectivity index (χ0n) is 15.5. The largest absolute Gasteiger partial charge is 0.340 e. The van der Waals surface area contributed by atoms with Gasteiger partial charge in [0.15, 0.2) is 5.65 Å². The second-order valence-corrected chi connectivity index (χ2v) is 7.10. The summed E-state index contributed by atoms with van der Waals surface area (Å²) < 4.78 is 2.10. The number of nitrogens with zero attached hydrogens (tertiary/aromatic N) is 3. The molecule has 0 spiro atoms. The van der Waals surface area contributed by atoms with E-state index in [9.17, 15) is 0 Å². The van der Waals surface area contributed by atoms with E-state index in [4.69, 9.17) is 11.6 Å². The van der Waals surface area contributed by atoms with Crippen LogP contribution >= 0.6 is 11.6 Å². The Hall–Kier alpha value is -3.63. The second-order valence-electron chi connectivity index (χ2n) is 6.67. The summed E-state index contributed by atoms with van der Waals surface area (Å²) in [6.07, 6.45) is 3.71. The number of nitrogens with one attached hydrogen (secondary N) is 1. The van der Waals surface area contributed by atoms with Crippen molar-refractivity contribution in [1.82, 2.24) is 14.5 Å². The topological polar surface area (TPSA) is 42.7 Å². The van der Waals surface area contributed by atoms with Crippen molar-refractivity contribution < 1.29 is 0 Å². The minimum absolute atomic E-state index is 0.698. The number of hydrogen-bond donors (Lipinski definition) is 1. The Morgan fingerprint density at radius 3 is 2.17 bits per heavy atom. The van der Waals surface area contributed by atoms with Crippen LogP contribution in [0.1, 0.15) is 0 Å². The normalized spacial score (nSPS) is 10.9. The van der Waals surface area contributed by atoms with Crippen molar-refractivity contribution >= 4 is 34.1 Å². The fourth-order valence-corrected chi connectivity index (χ4v) is 3.57. The monoisotopic (exact) mass is 396 g/mol. The third kappa shape index (κ3) is 3.35. The van der Waals surface area contributed by atoms with Gasteiger partial charge in [0.25, 0.3) is 0 Å². The van der Waals surface area contributed by atoms with Gasteiger partial charge in [-0.25, -0.2) is 9.97 Å². The van der Waals surface area contributed by atoms with Gasteiger partial charge in [0.2, 0.25) is 0 Å². The van der Waals surface area contributed by atoms with Crippen LogP contribution in [-0.4, -0.2) is 14.5 Å². The van der Waals surface area contributed by atoms with Gasteiger partial charge >= 0.3 is 0 Å². The Kier molecular flexibility index (Phi) is 4.47. The fraction of sp³-hybridized carbons (Fsp3) is 0. The van der Waals surface area contributed by atoms with Crippen molar-refractivity contribution in [2.45, 2.75) is 0 Å². The van der Waals surface area contributed by atoms with Crippen LogP contribution in [-0.2, 0) is 0 Å². The maximum atomic E-state index is 6.03. The lowest BCUT2D eigenvalue weighted by Gasteiger charge is -2.09. The molecule has 0 aliphatic rings. The third-order valence-corrected chi connectivity index (χ3v) is 5.06. The molecule has 0 amide bonds. The van der Waals surface area contributed by atoms with E-state index < -0.39 is 0 Å². The molecular weight excluding hydrogens is 380 g/mol. The summed E-state index contributed by atoms with van der Waals surface area (Å²) >= 11 is 6.03. The average Bonchev–Trinajstić information content (AvgIpc) is 3.17. The highest BCUT2D eigenvalue weighted by Gasteiger charge is 2.17. The third-order valence-electron chi connectivity index (χ3n) is 4.81. The first kappa shape index (κ1) is 17.5. The van der Waals surface area contributed by atoms with Gasteiger partial charge in [0.1, 0.15) is 12.1 Å². The van der Waals surface area contributed by atoms with Gasteiger partial charge in [-0.05, 0) is 42.0 Å². The van der Waals surface area contributed by atoms with Gasteiger partial charge in [0, 0.05) is 28.2 Å². The average molecular weight is 397 g/mol. The quantitative estimate of drug-likeness (QED) is 0.377. The van der Waals surface area contributed by atoms with Crippen molar-refractivity contribution in [3.63, 3.8) is 0 Å². The van der Waals surface area contributed by atoms with Crippen LogP contribution in [0.15, 0.2) is 97.5 Å². The van der Waals surface area contributed by atoms with E-state index in [0.717, 1.165) is 39.4 Å². The first-order chi connectivity index (χ1) is 14.3. The van der Waals surface area contributed by atoms with Crippen LogP contribution in [0, 0.1) is 0 Å². The predicted octanol–water partition coefficient (Wildman–Crippen LogP) is 6.48. The maximum absolute atomic E-state index is 6.03. The lowest BCUT2D eigenvalue weighted by Crippen LogP contribution is -1.98. The smallest absolute Gasteiger partial charge is 0.150 e. The van der Waals surface area contributed by atoms with E-state index in [2.05, 4.69) is 50.3 Å². The van der Waals surface area contributed by atoms with Crippen LogP contribution in [0.4, 0.5) is 11.5 Å².